The highest BCUT2D eigenvalue weighted by atomic mass is 16.3. The van der Waals surface area contributed by atoms with Gasteiger partial charge in [0.05, 0.1) is 22.7 Å². The molecule has 2 amide bonds. The Labute approximate surface area is 293 Å². The monoisotopic (exact) mass is 683 g/mol. The number of tetrazole rings is 1. The maximum atomic E-state index is 13.2. The number of likely N-dealkylation sites (tertiary alicyclic amines) is 1. The molecule has 2 aromatic carbocycles. The van der Waals surface area contributed by atoms with Crippen molar-refractivity contribution >= 4 is 11.8 Å². The quantitative estimate of drug-likeness (QED) is 0.156. The van der Waals surface area contributed by atoms with Crippen molar-refractivity contribution in [1.29, 1.82) is 5.26 Å². The standard InChI is InChI=1S/C37H49N9O4/c1-23(39-20-24(2)46-15-7-8-29(46)19-38)18-37(34-42-44-45-43-34)30-13-11-27(32(47)40-21-35(3,4)49)16-25(30)9-10-26-17-28(12-14-31(26)37)33(48)41-22-36(5,6)50/h11-14,16-17,23,29,39,49-50H,2,7-10,15,18,20-22H2,1,3-6H3,(H,40,47)(H,41,48)(H,42,43,44,45)/t23-,29?/m1/s1. The zero-order valence-corrected chi connectivity index (χ0v) is 29.6. The average Bonchev–Trinajstić information content (AvgIpc) is 3.77. The topological polar surface area (TPSA) is 192 Å². The van der Waals surface area contributed by atoms with Crippen molar-refractivity contribution < 1.29 is 19.8 Å². The molecule has 5 rings (SSSR count). The molecule has 0 radical (unpaired) electrons. The summed E-state index contributed by atoms with van der Waals surface area (Å²) in [5, 5.41) is 54.8. The van der Waals surface area contributed by atoms with Crippen molar-refractivity contribution in [2.45, 2.75) is 95.4 Å². The molecule has 1 saturated heterocycles. The number of nitrogens with one attached hydrogen (secondary N) is 4. The molecular formula is C37H49N9O4. The lowest BCUT2D eigenvalue weighted by molar-refractivity contribution is 0.0694. The van der Waals surface area contributed by atoms with Gasteiger partial charge in [0.1, 0.15) is 6.04 Å². The summed E-state index contributed by atoms with van der Waals surface area (Å²) in [5.74, 6) is -0.0574. The predicted octanol–water partition coefficient (Wildman–Crippen LogP) is 2.50. The molecule has 266 valence electrons. The molecule has 2 atom stereocenters. The van der Waals surface area contributed by atoms with E-state index in [2.05, 4.69) is 61.0 Å². The molecule has 13 nitrogen and oxygen atoms in total. The number of hydrogen-bond donors (Lipinski definition) is 6. The highest BCUT2D eigenvalue weighted by Gasteiger charge is 2.45. The van der Waals surface area contributed by atoms with Crippen molar-refractivity contribution in [3.8, 4) is 6.07 Å². The Kier molecular flexibility index (Phi) is 10.8. The number of amides is 2. The van der Waals surface area contributed by atoms with E-state index in [0.717, 1.165) is 47.3 Å². The van der Waals surface area contributed by atoms with Crippen molar-refractivity contribution in [3.05, 3.63) is 87.9 Å². The number of carbonyl (C=O) groups is 2. The highest BCUT2D eigenvalue weighted by molar-refractivity contribution is 5.95. The third-order valence-electron chi connectivity index (χ3n) is 9.51. The Morgan fingerprint density at radius 2 is 1.60 bits per heavy atom. The van der Waals surface area contributed by atoms with Crippen LogP contribution in [-0.4, -0.2) is 97.0 Å². The predicted molar refractivity (Wildman–Crippen MR) is 188 cm³/mol. The summed E-state index contributed by atoms with van der Waals surface area (Å²) in [6.45, 7) is 14.4. The van der Waals surface area contributed by atoms with Crippen LogP contribution in [0.5, 0.6) is 0 Å². The summed E-state index contributed by atoms with van der Waals surface area (Å²) in [5.41, 5.74) is 2.51. The number of aryl methyl sites for hydroxylation is 2. The van der Waals surface area contributed by atoms with Gasteiger partial charge in [-0.1, -0.05) is 18.7 Å². The molecule has 0 bridgehead atoms. The Bertz CT molecular complexity index is 1670. The van der Waals surface area contributed by atoms with Gasteiger partial charge in [-0.25, -0.2) is 5.10 Å². The zero-order chi connectivity index (χ0) is 36.3. The summed E-state index contributed by atoms with van der Waals surface area (Å²) in [6.07, 6.45) is 3.45. The van der Waals surface area contributed by atoms with Crippen LogP contribution in [0.25, 0.3) is 0 Å². The van der Waals surface area contributed by atoms with Crippen molar-refractivity contribution in [1.82, 2.24) is 41.5 Å². The SMILES string of the molecule is C=C(CN[C@H](C)CC1(c2nnn[nH]2)c2ccc(C(=O)NCC(C)(C)O)cc2CCc2cc(C(=O)NCC(C)(C)O)ccc21)N1CCCC1C#N. The number of H-pyrrole nitrogens is 1. The van der Waals surface area contributed by atoms with Gasteiger partial charge in [0.15, 0.2) is 5.82 Å². The van der Waals surface area contributed by atoms with Gasteiger partial charge in [0, 0.05) is 49.0 Å². The van der Waals surface area contributed by atoms with Gasteiger partial charge in [0.25, 0.3) is 11.8 Å². The summed E-state index contributed by atoms with van der Waals surface area (Å²) < 4.78 is 0. The maximum Gasteiger partial charge on any atom is 0.251 e. The first-order chi connectivity index (χ1) is 23.6. The normalized spacial score (nSPS) is 17.6. The second-order valence-corrected chi connectivity index (χ2v) is 14.9. The van der Waals surface area contributed by atoms with Crippen LogP contribution in [0.4, 0.5) is 0 Å². The van der Waals surface area contributed by atoms with E-state index < -0.39 is 16.6 Å². The summed E-state index contributed by atoms with van der Waals surface area (Å²) >= 11 is 0. The minimum atomic E-state index is -1.06. The molecule has 1 unspecified atom stereocenters. The summed E-state index contributed by atoms with van der Waals surface area (Å²) in [6, 6.07) is 13.4. The number of rotatable bonds is 13. The highest BCUT2D eigenvalue weighted by Crippen LogP contribution is 2.47. The Hall–Kier alpha value is -4.64. The first-order valence-corrected chi connectivity index (χ1v) is 17.2. The van der Waals surface area contributed by atoms with Gasteiger partial charge in [-0.3, -0.25) is 9.59 Å². The van der Waals surface area contributed by atoms with Crippen molar-refractivity contribution in [2.24, 2.45) is 0 Å². The molecule has 1 aliphatic carbocycles. The van der Waals surface area contributed by atoms with Crippen LogP contribution in [-0.2, 0) is 18.3 Å². The molecular weight excluding hydrogens is 634 g/mol. The number of nitrogens with zero attached hydrogens (tertiary/aromatic N) is 5. The number of carbonyl (C=O) groups excluding carboxylic acids is 2. The lowest BCUT2D eigenvalue weighted by atomic mass is 9.67. The van der Waals surface area contributed by atoms with Crippen LogP contribution in [0.1, 0.15) is 103 Å². The maximum absolute atomic E-state index is 13.2. The number of benzene rings is 2. The molecule has 6 N–H and O–H groups in total. The number of aromatic nitrogens is 4. The number of nitriles is 1. The molecule has 1 aliphatic heterocycles. The lowest BCUT2D eigenvalue weighted by Gasteiger charge is -2.37. The van der Waals surface area contributed by atoms with E-state index in [1.807, 2.05) is 24.3 Å². The minimum absolute atomic E-state index is 0.0986. The molecule has 0 saturated carbocycles. The van der Waals surface area contributed by atoms with Crippen LogP contribution >= 0.6 is 0 Å². The van der Waals surface area contributed by atoms with Gasteiger partial charge < -0.3 is 31.1 Å². The van der Waals surface area contributed by atoms with Gasteiger partial charge in [-0.15, -0.1) is 5.10 Å². The van der Waals surface area contributed by atoms with E-state index >= 15 is 0 Å². The van der Waals surface area contributed by atoms with Gasteiger partial charge in [-0.05, 0) is 124 Å². The largest absolute Gasteiger partial charge is 0.389 e. The third kappa shape index (κ3) is 8.21. The van der Waals surface area contributed by atoms with E-state index in [1.165, 1.54) is 0 Å². The molecule has 13 heteroatoms. The Morgan fingerprint density at radius 3 is 2.08 bits per heavy atom. The Balaban J connectivity index is 1.56. The minimum Gasteiger partial charge on any atom is -0.389 e. The molecule has 2 heterocycles. The smallest absolute Gasteiger partial charge is 0.251 e. The van der Waals surface area contributed by atoms with E-state index in [-0.39, 0.29) is 37.0 Å². The molecule has 1 fully saturated rings. The van der Waals surface area contributed by atoms with E-state index in [1.54, 1.807) is 39.8 Å². The van der Waals surface area contributed by atoms with Crippen LogP contribution in [0.3, 0.4) is 0 Å². The van der Waals surface area contributed by atoms with E-state index in [9.17, 15) is 25.1 Å². The molecule has 2 aliphatic rings. The number of hydrogen-bond acceptors (Lipinski definition) is 10. The zero-order valence-electron chi connectivity index (χ0n) is 29.6. The van der Waals surface area contributed by atoms with Gasteiger partial charge >= 0.3 is 0 Å². The average molecular weight is 684 g/mol. The van der Waals surface area contributed by atoms with E-state index in [4.69, 9.17) is 0 Å². The van der Waals surface area contributed by atoms with Gasteiger partial charge in [-0.2, -0.15) is 5.26 Å². The number of aliphatic hydroxyl groups is 2. The van der Waals surface area contributed by atoms with Crippen LogP contribution < -0.4 is 16.0 Å². The van der Waals surface area contributed by atoms with E-state index in [0.29, 0.717) is 42.8 Å². The molecule has 0 spiro atoms. The molecule has 3 aromatic rings. The van der Waals surface area contributed by atoms with Crippen LogP contribution in [0.2, 0.25) is 0 Å². The van der Waals surface area contributed by atoms with Crippen molar-refractivity contribution in [2.75, 3.05) is 26.2 Å². The second-order valence-electron chi connectivity index (χ2n) is 14.9. The summed E-state index contributed by atoms with van der Waals surface area (Å²) in [4.78, 5) is 28.5. The number of aromatic amines is 1. The van der Waals surface area contributed by atoms with Crippen LogP contribution in [0.15, 0.2) is 48.7 Å². The van der Waals surface area contributed by atoms with Gasteiger partial charge in [0.2, 0.25) is 0 Å². The lowest BCUT2D eigenvalue weighted by Crippen LogP contribution is -2.42. The summed E-state index contributed by atoms with van der Waals surface area (Å²) in [7, 11) is 0. The second kappa shape index (κ2) is 14.7. The fourth-order valence-corrected chi connectivity index (χ4v) is 7.04. The van der Waals surface area contributed by atoms with Crippen LogP contribution in [0, 0.1) is 11.3 Å². The third-order valence-corrected chi connectivity index (χ3v) is 9.51. The first-order valence-electron chi connectivity index (χ1n) is 17.2. The molecule has 1 aromatic heterocycles. The first kappa shape index (κ1) is 36.6. The fourth-order valence-electron chi connectivity index (χ4n) is 7.04. The Morgan fingerprint density at radius 1 is 1.04 bits per heavy atom. The fraction of sp³-hybridized carbons (Fsp3) is 0.514. The molecule has 50 heavy (non-hydrogen) atoms. The number of fused-ring (bicyclic) bond motifs is 2. The van der Waals surface area contributed by atoms with Crippen molar-refractivity contribution in [3.63, 3.8) is 0 Å².